The summed E-state index contributed by atoms with van der Waals surface area (Å²) >= 11 is 0. The van der Waals surface area contributed by atoms with Crippen LogP contribution in [0.15, 0.2) is 29.5 Å². The van der Waals surface area contributed by atoms with Crippen LogP contribution in [0.25, 0.3) is 0 Å². The van der Waals surface area contributed by atoms with Gasteiger partial charge in [0.2, 0.25) is 0 Å². The Kier molecular flexibility index (Phi) is 3.65. The molecule has 0 aromatic rings. The Labute approximate surface area is 134 Å². The van der Waals surface area contributed by atoms with Gasteiger partial charge in [-0.2, -0.15) is 0 Å². The molecule has 2 fully saturated rings. The van der Waals surface area contributed by atoms with Crippen molar-refractivity contribution < 1.29 is 4.79 Å². The Morgan fingerprint density at radius 2 is 2.09 bits per heavy atom. The molecule has 118 valence electrons. The third-order valence-electron chi connectivity index (χ3n) is 7.38. The molecule has 4 aliphatic carbocycles. The lowest BCUT2D eigenvalue weighted by atomic mass is 9.53. The average molecular weight is 296 g/mol. The summed E-state index contributed by atoms with van der Waals surface area (Å²) in [6.45, 7) is 3.78. The number of carbonyl (C=O) groups is 1. The fraction of sp³-hybridized carbons (Fsp3) is 0.714. The zero-order valence-electron chi connectivity index (χ0n) is 13.7. The van der Waals surface area contributed by atoms with Gasteiger partial charge in [-0.25, -0.2) is 0 Å². The molecule has 2 saturated carbocycles. The molecule has 0 bridgehead atoms. The minimum atomic E-state index is 0.486. The number of Topliss-reactive ketones (excluding diaryl/α,β-unsaturated/α-hetero) is 1. The van der Waals surface area contributed by atoms with Gasteiger partial charge in [-0.3, -0.25) is 4.79 Å². The van der Waals surface area contributed by atoms with Gasteiger partial charge in [0.05, 0.1) is 0 Å². The molecule has 1 nitrogen and oxygen atoms in total. The van der Waals surface area contributed by atoms with Crippen molar-refractivity contribution in [2.75, 3.05) is 0 Å². The number of hydrogen-bond donors (Lipinski definition) is 0. The third-order valence-corrected chi connectivity index (χ3v) is 7.38. The van der Waals surface area contributed by atoms with E-state index in [2.05, 4.69) is 18.4 Å². The van der Waals surface area contributed by atoms with Crippen LogP contribution in [-0.4, -0.2) is 5.78 Å². The molecule has 4 rings (SSSR count). The fourth-order valence-corrected chi connectivity index (χ4v) is 6.48. The van der Waals surface area contributed by atoms with Crippen LogP contribution in [0.4, 0.5) is 0 Å². The van der Waals surface area contributed by atoms with Gasteiger partial charge >= 0.3 is 0 Å². The third kappa shape index (κ3) is 2.17. The van der Waals surface area contributed by atoms with Crippen molar-refractivity contribution in [3.63, 3.8) is 0 Å². The first-order valence-corrected chi connectivity index (χ1v) is 9.30. The summed E-state index contributed by atoms with van der Waals surface area (Å²) in [5, 5.41) is 0. The average Bonchev–Trinajstić information content (AvgIpc) is 2.96. The van der Waals surface area contributed by atoms with Gasteiger partial charge in [0.25, 0.3) is 0 Å². The van der Waals surface area contributed by atoms with Crippen molar-refractivity contribution in [1.29, 1.82) is 0 Å². The highest BCUT2D eigenvalue weighted by Crippen LogP contribution is 2.62. The fourth-order valence-electron chi connectivity index (χ4n) is 6.48. The zero-order chi connectivity index (χ0) is 15.2. The van der Waals surface area contributed by atoms with Gasteiger partial charge in [0, 0.05) is 12.8 Å². The van der Waals surface area contributed by atoms with Crippen molar-refractivity contribution in [2.24, 2.45) is 23.2 Å². The SMILES string of the molecule is C=C=CC[C@@]12CCC[C@H]1[C@@H]1CCC3=C(CCC(=O)C3)[C@H]1CC2. The van der Waals surface area contributed by atoms with E-state index in [1.54, 1.807) is 11.1 Å². The summed E-state index contributed by atoms with van der Waals surface area (Å²) in [5.74, 6) is 3.13. The van der Waals surface area contributed by atoms with E-state index < -0.39 is 0 Å². The maximum atomic E-state index is 11.8. The molecule has 0 N–H and O–H groups in total. The highest BCUT2D eigenvalue weighted by Gasteiger charge is 2.52. The van der Waals surface area contributed by atoms with Crippen molar-refractivity contribution in [1.82, 2.24) is 0 Å². The molecule has 0 heterocycles. The molecule has 4 atom stereocenters. The number of fused-ring (bicyclic) bond motifs is 4. The van der Waals surface area contributed by atoms with Crippen LogP contribution in [0.1, 0.15) is 70.6 Å². The lowest BCUT2D eigenvalue weighted by Crippen LogP contribution is -2.42. The zero-order valence-corrected chi connectivity index (χ0v) is 13.7. The van der Waals surface area contributed by atoms with Crippen LogP contribution in [0.2, 0.25) is 0 Å². The van der Waals surface area contributed by atoms with Crippen molar-refractivity contribution in [3.05, 3.63) is 29.5 Å². The second-order valence-corrected chi connectivity index (χ2v) is 8.17. The Balaban J connectivity index is 1.62. The Bertz CT molecular complexity index is 562. The molecule has 0 saturated heterocycles. The maximum absolute atomic E-state index is 11.8. The molecule has 1 heteroatoms. The van der Waals surface area contributed by atoms with E-state index in [9.17, 15) is 4.79 Å². The van der Waals surface area contributed by atoms with E-state index in [4.69, 9.17) is 0 Å². The predicted octanol–water partition coefficient (Wildman–Crippen LogP) is 5.37. The van der Waals surface area contributed by atoms with E-state index in [1.807, 2.05) is 0 Å². The molecule has 0 aliphatic heterocycles. The molecule has 0 radical (unpaired) electrons. The Hall–Kier alpha value is -1.07. The first kappa shape index (κ1) is 14.5. The van der Waals surface area contributed by atoms with Crippen LogP contribution < -0.4 is 0 Å². The van der Waals surface area contributed by atoms with E-state index in [1.165, 1.54) is 51.4 Å². The van der Waals surface area contributed by atoms with E-state index in [0.717, 1.165) is 37.0 Å². The molecule has 0 aromatic heterocycles. The first-order valence-electron chi connectivity index (χ1n) is 9.30. The van der Waals surface area contributed by atoms with Gasteiger partial charge in [-0.15, -0.1) is 5.73 Å². The molecular weight excluding hydrogens is 268 g/mol. The van der Waals surface area contributed by atoms with Crippen molar-refractivity contribution in [3.8, 4) is 0 Å². The van der Waals surface area contributed by atoms with Crippen LogP contribution in [0, 0.1) is 23.2 Å². The molecule has 0 aromatic carbocycles. The summed E-state index contributed by atoms with van der Waals surface area (Å²) < 4.78 is 0. The minimum Gasteiger partial charge on any atom is -0.299 e. The predicted molar refractivity (Wildman–Crippen MR) is 89.4 cm³/mol. The molecular formula is C21H28O. The highest BCUT2D eigenvalue weighted by atomic mass is 16.1. The Morgan fingerprint density at radius 3 is 2.95 bits per heavy atom. The van der Waals surface area contributed by atoms with Gasteiger partial charge in [-0.1, -0.05) is 24.1 Å². The molecule has 0 unspecified atom stereocenters. The van der Waals surface area contributed by atoms with Crippen LogP contribution in [0.3, 0.4) is 0 Å². The number of ketones is 1. The lowest BCUT2D eigenvalue weighted by Gasteiger charge is -2.51. The largest absolute Gasteiger partial charge is 0.299 e. The van der Waals surface area contributed by atoms with Crippen LogP contribution >= 0.6 is 0 Å². The van der Waals surface area contributed by atoms with Gasteiger partial charge in [0.1, 0.15) is 5.78 Å². The number of rotatable bonds is 2. The van der Waals surface area contributed by atoms with Crippen LogP contribution in [-0.2, 0) is 4.79 Å². The summed E-state index contributed by atoms with van der Waals surface area (Å²) in [5.41, 5.74) is 6.87. The summed E-state index contributed by atoms with van der Waals surface area (Å²) in [4.78, 5) is 11.8. The van der Waals surface area contributed by atoms with Gasteiger partial charge in [-0.05, 0) is 80.6 Å². The highest BCUT2D eigenvalue weighted by molar-refractivity contribution is 5.82. The molecule has 4 aliphatic rings. The molecule has 22 heavy (non-hydrogen) atoms. The topological polar surface area (TPSA) is 17.1 Å². The first-order chi connectivity index (χ1) is 10.7. The second kappa shape index (κ2) is 5.53. The maximum Gasteiger partial charge on any atom is 0.137 e. The van der Waals surface area contributed by atoms with Gasteiger partial charge in [0.15, 0.2) is 0 Å². The van der Waals surface area contributed by atoms with Crippen molar-refractivity contribution in [2.45, 2.75) is 70.6 Å². The minimum absolute atomic E-state index is 0.486. The van der Waals surface area contributed by atoms with Crippen molar-refractivity contribution >= 4 is 5.78 Å². The van der Waals surface area contributed by atoms with E-state index in [-0.39, 0.29) is 0 Å². The van der Waals surface area contributed by atoms with E-state index >= 15 is 0 Å². The van der Waals surface area contributed by atoms with Gasteiger partial charge < -0.3 is 0 Å². The second-order valence-electron chi connectivity index (χ2n) is 8.17. The van der Waals surface area contributed by atoms with E-state index in [0.29, 0.717) is 11.2 Å². The standard InChI is InChI=1S/C21H28O/c1-2-3-11-21-12-4-5-20(21)19-8-6-15-14-16(22)7-9-17(15)18(19)10-13-21/h3,18-20H,1,4-14H2/t18-,19-,20+,21+/m1/s1. The smallest absolute Gasteiger partial charge is 0.137 e. The number of hydrogen-bond acceptors (Lipinski definition) is 1. The monoisotopic (exact) mass is 296 g/mol. The Morgan fingerprint density at radius 1 is 1.18 bits per heavy atom. The normalized spacial score (nSPS) is 40.5. The summed E-state index contributed by atoms with van der Waals surface area (Å²) in [7, 11) is 0. The summed E-state index contributed by atoms with van der Waals surface area (Å²) in [6.07, 6.45) is 15.7. The number of allylic oxidation sites excluding steroid dienone is 3. The number of carbonyl (C=O) groups excluding carboxylic acids is 1. The molecule has 0 spiro atoms. The molecule has 0 amide bonds. The quantitative estimate of drug-likeness (QED) is 0.494. The summed E-state index contributed by atoms with van der Waals surface area (Å²) in [6, 6.07) is 0. The van der Waals surface area contributed by atoms with Crippen LogP contribution in [0.5, 0.6) is 0 Å². The lowest BCUT2D eigenvalue weighted by molar-refractivity contribution is -0.119.